The molecule has 1 aliphatic carbocycles. The second kappa shape index (κ2) is 7.07. The van der Waals surface area contributed by atoms with Gasteiger partial charge in [-0.15, -0.1) is 0 Å². The van der Waals surface area contributed by atoms with E-state index >= 15 is 0 Å². The summed E-state index contributed by atoms with van der Waals surface area (Å²) in [5, 5.41) is 0. The zero-order valence-corrected chi connectivity index (χ0v) is 12.4. The van der Waals surface area contributed by atoms with Crippen LogP contribution in [-0.4, -0.2) is 33.0 Å². The summed E-state index contributed by atoms with van der Waals surface area (Å²) < 4.78 is 16.6. The molecule has 0 aromatic heterocycles. The zero-order valence-electron chi connectivity index (χ0n) is 12.4. The first-order chi connectivity index (χ1) is 9.73. The molecule has 2 N–H and O–H groups in total. The highest BCUT2D eigenvalue weighted by Crippen LogP contribution is 2.43. The van der Waals surface area contributed by atoms with E-state index in [1.165, 1.54) is 12.8 Å². The molecule has 2 rings (SSSR count). The summed E-state index contributed by atoms with van der Waals surface area (Å²) in [4.78, 5) is 0. The minimum absolute atomic E-state index is 0.159. The molecule has 0 heterocycles. The third kappa shape index (κ3) is 3.14. The van der Waals surface area contributed by atoms with Gasteiger partial charge in [0.25, 0.3) is 0 Å². The number of nitrogens with two attached hydrogens (primary N) is 1. The van der Waals surface area contributed by atoms with Crippen molar-refractivity contribution in [1.29, 1.82) is 0 Å². The van der Waals surface area contributed by atoms with Crippen molar-refractivity contribution in [3.05, 3.63) is 29.8 Å². The van der Waals surface area contributed by atoms with Crippen LogP contribution in [0.5, 0.6) is 5.75 Å². The van der Waals surface area contributed by atoms with E-state index in [0.717, 1.165) is 24.2 Å². The van der Waals surface area contributed by atoms with E-state index in [9.17, 15) is 0 Å². The van der Waals surface area contributed by atoms with Gasteiger partial charge in [-0.25, -0.2) is 0 Å². The summed E-state index contributed by atoms with van der Waals surface area (Å²) in [6.07, 6.45) is 4.37. The van der Waals surface area contributed by atoms with E-state index in [1.807, 2.05) is 24.3 Å². The van der Waals surface area contributed by atoms with Crippen molar-refractivity contribution < 1.29 is 14.2 Å². The molecule has 1 fully saturated rings. The van der Waals surface area contributed by atoms with Crippen molar-refractivity contribution in [3.8, 4) is 5.75 Å². The topological polar surface area (TPSA) is 53.7 Å². The van der Waals surface area contributed by atoms with Crippen molar-refractivity contribution in [3.63, 3.8) is 0 Å². The highest BCUT2D eigenvalue weighted by molar-refractivity contribution is 5.37. The molecule has 112 valence electrons. The maximum Gasteiger partial charge on any atom is 0.124 e. The molecular formula is C16H25NO3. The third-order valence-corrected chi connectivity index (χ3v) is 4.22. The quantitative estimate of drug-likeness (QED) is 0.780. The minimum Gasteiger partial charge on any atom is -0.491 e. The Kier molecular flexibility index (Phi) is 5.40. The molecule has 1 unspecified atom stereocenters. The lowest BCUT2D eigenvalue weighted by molar-refractivity contribution is -0.0270. The first-order valence-electron chi connectivity index (χ1n) is 7.25. The Bertz CT molecular complexity index is 416. The normalized spacial score (nSPS) is 18.9. The Labute approximate surface area is 121 Å². The van der Waals surface area contributed by atoms with Crippen molar-refractivity contribution in [2.24, 2.45) is 5.73 Å². The average Bonchev–Trinajstić information content (AvgIpc) is 2.97. The zero-order chi connectivity index (χ0) is 14.4. The lowest BCUT2D eigenvalue weighted by atomic mass is 9.87. The predicted octanol–water partition coefficient (Wildman–Crippen LogP) is 2.67. The largest absolute Gasteiger partial charge is 0.491 e. The van der Waals surface area contributed by atoms with Gasteiger partial charge in [-0.2, -0.15) is 0 Å². The Morgan fingerprint density at radius 1 is 1.15 bits per heavy atom. The van der Waals surface area contributed by atoms with E-state index in [2.05, 4.69) is 0 Å². The number of rotatable bonds is 7. The first-order valence-corrected chi connectivity index (χ1v) is 7.25. The number of hydrogen-bond donors (Lipinski definition) is 1. The summed E-state index contributed by atoms with van der Waals surface area (Å²) in [7, 11) is 3.43. The Morgan fingerprint density at radius 3 is 2.50 bits per heavy atom. The maximum absolute atomic E-state index is 6.51. The summed E-state index contributed by atoms with van der Waals surface area (Å²) in [5.74, 6) is 0.834. The molecule has 0 amide bonds. The van der Waals surface area contributed by atoms with E-state index < -0.39 is 0 Å². The van der Waals surface area contributed by atoms with Crippen LogP contribution in [0.4, 0.5) is 0 Å². The number of methoxy groups -OCH3 is 2. The van der Waals surface area contributed by atoms with Gasteiger partial charge < -0.3 is 19.9 Å². The molecule has 0 saturated heterocycles. The molecule has 1 aromatic rings. The van der Waals surface area contributed by atoms with Crippen LogP contribution in [0, 0.1) is 0 Å². The number of para-hydroxylation sites is 1. The Balaban J connectivity index is 2.18. The van der Waals surface area contributed by atoms with Gasteiger partial charge in [-0.05, 0) is 18.9 Å². The Hall–Kier alpha value is -1.10. The van der Waals surface area contributed by atoms with Gasteiger partial charge in [-0.3, -0.25) is 0 Å². The van der Waals surface area contributed by atoms with Crippen molar-refractivity contribution >= 4 is 0 Å². The molecule has 0 aliphatic heterocycles. The third-order valence-electron chi connectivity index (χ3n) is 4.22. The fraction of sp³-hybridized carbons (Fsp3) is 0.625. The van der Waals surface area contributed by atoms with Crippen LogP contribution in [-0.2, 0) is 9.47 Å². The number of ether oxygens (including phenoxy) is 3. The molecule has 0 radical (unpaired) electrons. The summed E-state index contributed by atoms with van der Waals surface area (Å²) in [6.45, 7) is 1.10. The van der Waals surface area contributed by atoms with Gasteiger partial charge >= 0.3 is 0 Å². The highest BCUT2D eigenvalue weighted by atomic mass is 16.5. The van der Waals surface area contributed by atoms with Crippen molar-refractivity contribution in [2.45, 2.75) is 37.3 Å². The Morgan fingerprint density at radius 2 is 1.85 bits per heavy atom. The predicted molar refractivity (Wildman–Crippen MR) is 78.9 cm³/mol. The molecule has 1 atom stereocenters. The summed E-state index contributed by atoms with van der Waals surface area (Å²) >= 11 is 0. The van der Waals surface area contributed by atoms with Gasteiger partial charge in [0.1, 0.15) is 12.4 Å². The summed E-state index contributed by atoms with van der Waals surface area (Å²) in [5.41, 5.74) is 7.29. The number of benzene rings is 1. The molecule has 1 aromatic carbocycles. The van der Waals surface area contributed by atoms with Crippen molar-refractivity contribution in [1.82, 2.24) is 0 Å². The van der Waals surface area contributed by atoms with Crippen LogP contribution in [0.15, 0.2) is 24.3 Å². The van der Waals surface area contributed by atoms with Gasteiger partial charge in [-0.1, -0.05) is 31.0 Å². The van der Waals surface area contributed by atoms with Crippen LogP contribution in [0.3, 0.4) is 0 Å². The monoisotopic (exact) mass is 279 g/mol. The molecule has 4 heteroatoms. The molecular weight excluding hydrogens is 254 g/mol. The van der Waals surface area contributed by atoms with Gasteiger partial charge in [0.05, 0.1) is 18.2 Å². The SMILES string of the molecule is COCCOc1ccccc1C(N)C1(OC)CCCC1. The minimum atomic E-state index is -0.249. The van der Waals surface area contributed by atoms with Crippen LogP contribution in [0.2, 0.25) is 0 Å². The fourth-order valence-electron chi connectivity index (χ4n) is 3.00. The van der Waals surface area contributed by atoms with Gasteiger partial charge in [0, 0.05) is 19.8 Å². The molecule has 1 saturated carbocycles. The second-order valence-corrected chi connectivity index (χ2v) is 5.33. The van der Waals surface area contributed by atoms with Crippen molar-refractivity contribution in [2.75, 3.05) is 27.4 Å². The van der Waals surface area contributed by atoms with E-state index in [-0.39, 0.29) is 11.6 Å². The average molecular weight is 279 g/mol. The first kappa shape index (κ1) is 15.3. The van der Waals surface area contributed by atoms with Crippen LogP contribution >= 0.6 is 0 Å². The highest BCUT2D eigenvalue weighted by Gasteiger charge is 2.41. The fourth-order valence-corrected chi connectivity index (χ4v) is 3.00. The molecule has 20 heavy (non-hydrogen) atoms. The van der Waals surface area contributed by atoms with E-state index in [4.69, 9.17) is 19.9 Å². The van der Waals surface area contributed by atoms with E-state index in [1.54, 1.807) is 14.2 Å². The number of hydrogen-bond acceptors (Lipinski definition) is 4. The molecule has 1 aliphatic rings. The van der Waals surface area contributed by atoms with Crippen LogP contribution in [0.25, 0.3) is 0 Å². The molecule has 0 bridgehead atoms. The lowest BCUT2D eigenvalue weighted by Gasteiger charge is -2.34. The maximum atomic E-state index is 6.51. The molecule has 0 spiro atoms. The smallest absolute Gasteiger partial charge is 0.124 e. The van der Waals surface area contributed by atoms with Gasteiger partial charge in [0.15, 0.2) is 0 Å². The van der Waals surface area contributed by atoms with Crippen LogP contribution in [0.1, 0.15) is 37.3 Å². The lowest BCUT2D eigenvalue weighted by Crippen LogP contribution is -2.40. The van der Waals surface area contributed by atoms with Gasteiger partial charge in [0.2, 0.25) is 0 Å². The second-order valence-electron chi connectivity index (χ2n) is 5.33. The standard InChI is InChI=1S/C16H25NO3/c1-18-11-12-20-14-8-4-3-7-13(14)15(17)16(19-2)9-5-6-10-16/h3-4,7-8,15H,5-6,9-12,17H2,1-2H3. The summed E-state index contributed by atoms with van der Waals surface area (Å²) in [6, 6.07) is 7.80. The van der Waals surface area contributed by atoms with Crippen LogP contribution < -0.4 is 10.5 Å². The molecule has 4 nitrogen and oxygen atoms in total. The van der Waals surface area contributed by atoms with E-state index in [0.29, 0.717) is 13.2 Å².